The smallest absolute Gasteiger partial charge is 0.304 e. The molecule has 2 rings (SSSR count). The van der Waals surface area contributed by atoms with Crippen LogP contribution in [0.1, 0.15) is 49.4 Å². The maximum Gasteiger partial charge on any atom is 0.304 e. The first-order valence-electron chi connectivity index (χ1n) is 7.06. The van der Waals surface area contributed by atoms with Crippen LogP contribution in [0.2, 0.25) is 0 Å². The van der Waals surface area contributed by atoms with Crippen molar-refractivity contribution in [1.82, 2.24) is 4.90 Å². The minimum absolute atomic E-state index is 0.218. The highest BCUT2D eigenvalue weighted by Crippen LogP contribution is 2.37. The fraction of sp³-hybridized carbons (Fsp3) is 0.562. The molecule has 1 aliphatic rings. The topological polar surface area (TPSA) is 40.5 Å². The average Bonchev–Trinajstić information content (AvgIpc) is 2.72. The van der Waals surface area contributed by atoms with E-state index in [1.165, 1.54) is 16.7 Å². The number of hydrogen-bond donors (Lipinski definition) is 1. The Labute approximate surface area is 115 Å². The van der Waals surface area contributed by atoms with Crippen molar-refractivity contribution in [3.8, 4) is 0 Å². The molecule has 0 spiro atoms. The van der Waals surface area contributed by atoms with Crippen LogP contribution in [0.5, 0.6) is 0 Å². The van der Waals surface area contributed by atoms with Gasteiger partial charge in [0.15, 0.2) is 0 Å². The molecule has 1 unspecified atom stereocenters. The lowest BCUT2D eigenvalue weighted by atomic mass is 10.0. The molecule has 0 amide bonds. The fourth-order valence-electron chi connectivity index (χ4n) is 3.04. The number of aryl methyl sites for hydroxylation is 2. The van der Waals surface area contributed by atoms with Gasteiger partial charge < -0.3 is 5.11 Å². The van der Waals surface area contributed by atoms with Gasteiger partial charge in [-0.3, -0.25) is 9.69 Å². The van der Waals surface area contributed by atoms with E-state index >= 15 is 0 Å². The summed E-state index contributed by atoms with van der Waals surface area (Å²) in [5.41, 5.74) is 4.11. The quantitative estimate of drug-likeness (QED) is 0.885. The molecule has 0 aromatic heterocycles. The Morgan fingerprint density at radius 1 is 1.47 bits per heavy atom. The molecule has 0 fully saturated rings. The molecule has 1 N–H and O–H groups in total. The van der Waals surface area contributed by atoms with Crippen molar-refractivity contribution in [2.24, 2.45) is 0 Å². The van der Waals surface area contributed by atoms with Gasteiger partial charge in [0.25, 0.3) is 0 Å². The Hall–Kier alpha value is -1.35. The predicted octanol–water partition coefficient (Wildman–Crippen LogP) is 3.17. The van der Waals surface area contributed by atoms with Crippen LogP contribution in [0.3, 0.4) is 0 Å². The average molecular weight is 261 g/mol. The third-order valence-corrected chi connectivity index (χ3v) is 3.99. The molecule has 104 valence electrons. The lowest BCUT2D eigenvalue weighted by Gasteiger charge is -2.33. The summed E-state index contributed by atoms with van der Waals surface area (Å²) in [6.45, 7) is 7.04. The second-order valence-electron chi connectivity index (χ2n) is 5.73. The van der Waals surface area contributed by atoms with Gasteiger partial charge in [-0.25, -0.2) is 0 Å². The van der Waals surface area contributed by atoms with E-state index in [4.69, 9.17) is 5.11 Å². The third kappa shape index (κ3) is 3.16. The number of rotatable bonds is 5. The minimum Gasteiger partial charge on any atom is -0.481 e. The number of carboxylic acid groups (broad SMARTS) is 1. The first-order chi connectivity index (χ1) is 8.99. The number of fused-ring (bicyclic) bond motifs is 1. The maximum atomic E-state index is 10.8. The van der Waals surface area contributed by atoms with E-state index < -0.39 is 5.97 Å². The number of carboxylic acids is 1. The fourth-order valence-corrected chi connectivity index (χ4v) is 3.04. The van der Waals surface area contributed by atoms with Crippen LogP contribution < -0.4 is 0 Å². The summed E-state index contributed by atoms with van der Waals surface area (Å²) in [6, 6.07) is 7.41. The van der Waals surface area contributed by atoms with E-state index in [0.29, 0.717) is 18.6 Å². The van der Waals surface area contributed by atoms with E-state index in [1.807, 2.05) is 0 Å². The summed E-state index contributed by atoms with van der Waals surface area (Å²) >= 11 is 0. The second kappa shape index (κ2) is 5.74. The normalized spacial score (nSPS) is 18.1. The van der Waals surface area contributed by atoms with Crippen molar-refractivity contribution in [3.05, 3.63) is 34.9 Å². The van der Waals surface area contributed by atoms with Crippen molar-refractivity contribution in [2.45, 2.75) is 52.1 Å². The van der Waals surface area contributed by atoms with Crippen LogP contribution in [-0.2, 0) is 11.2 Å². The number of benzene rings is 1. The van der Waals surface area contributed by atoms with E-state index in [0.717, 1.165) is 12.8 Å². The van der Waals surface area contributed by atoms with Gasteiger partial charge in [-0.05, 0) is 44.7 Å². The molecule has 1 aromatic rings. The predicted molar refractivity (Wildman–Crippen MR) is 76.3 cm³/mol. The molecular weight excluding hydrogens is 238 g/mol. The second-order valence-corrected chi connectivity index (χ2v) is 5.73. The molecule has 1 aromatic carbocycles. The van der Waals surface area contributed by atoms with Crippen LogP contribution in [0.15, 0.2) is 18.2 Å². The monoisotopic (exact) mass is 261 g/mol. The third-order valence-electron chi connectivity index (χ3n) is 3.99. The summed E-state index contributed by atoms with van der Waals surface area (Å²) in [5, 5.41) is 8.90. The first-order valence-corrected chi connectivity index (χ1v) is 7.06. The summed E-state index contributed by atoms with van der Waals surface area (Å²) in [7, 11) is 0. The van der Waals surface area contributed by atoms with E-state index in [9.17, 15) is 4.79 Å². The summed E-state index contributed by atoms with van der Waals surface area (Å²) in [6.07, 6.45) is 2.43. The van der Waals surface area contributed by atoms with E-state index in [1.54, 1.807) is 0 Å². The zero-order valence-electron chi connectivity index (χ0n) is 12.0. The van der Waals surface area contributed by atoms with Crippen molar-refractivity contribution < 1.29 is 9.90 Å². The minimum atomic E-state index is -0.715. The molecule has 0 saturated carbocycles. The molecular formula is C16H23NO2. The zero-order chi connectivity index (χ0) is 14.0. The van der Waals surface area contributed by atoms with Gasteiger partial charge in [0.05, 0.1) is 6.42 Å². The number of aliphatic carboxylic acids is 1. The Morgan fingerprint density at radius 3 is 2.84 bits per heavy atom. The standard InChI is InChI=1S/C16H23NO2/c1-11(2)17(9-8-16(18)19)15-7-6-13-5-4-12(3)10-14(13)15/h4-5,10-11,15H,6-9H2,1-3H3,(H,18,19). The summed E-state index contributed by atoms with van der Waals surface area (Å²) in [5.74, 6) is -0.715. The highest BCUT2D eigenvalue weighted by atomic mass is 16.4. The SMILES string of the molecule is Cc1ccc2c(c1)C(N(CCC(=O)O)C(C)C)CC2. The number of hydrogen-bond acceptors (Lipinski definition) is 2. The largest absolute Gasteiger partial charge is 0.481 e. The number of carbonyl (C=O) groups is 1. The van der Waals surface area contributed by atoms with Crippen LogP contribution in [0, 0.1) is 6.92 Å². The molecule has 1 atom stereocenters. The first kappa shape index (κ1) is 14.1. The van der Waals surface area contributed by atoms with Crippen molar-refractivity contribution in [3.63, 3.8) is 0 Å². The highest BCUT2D eigenvalue weighted by Gasteiger charge is 2.29. The van der Waals surface area contributed by atoms with Crippen molar-refractivity contribution in [1.29, 1.82) is 0 Å². The number of nitrogens with zero attached hydrogens (tertiary/aromatic N) is 1. The van der Waals surface area contributed by atoms with Crippen LogP contribution in [0.25, 0.3) is 0 Å². The Bertz CT molecular complexity index is 468. The van der Waals surface area contributed by atoms with Gasteiger partial charge in [-0.15, -0.1) is 0 Å². The lowest BCUT2D eigenvalue weighted by molar-refractivity contribution is -0.137. The van der Waals surface area contributed by atoms with E-state index in [2.05, 4.69) is 43.9 Å². The van der Waals surface area contributed by atoms with Crippen LogP contribution >= 0.6 is 0 Å². The molecule has 0 saturated heterocycles. The molecule has 19 heavy (non-hydrogen) atoms. The summed E-state index contributed by atoms with van der Waals surface area (Å²) < 4.78 is 0. The molecule has 0 heterocycles. The van der Waals surface area contributed by atoms with Crippen molar-refractivity contribution in [2.75, 3.05) is 6.54 Å². The molecule has 3 nitrogen and oxygen atoms in total. The van der Waals surface area contributed by atoms with Crippen molar-refractivity contribution >= 4 is 5.97 Å². The highest BCUT2D eigenvalue weighted by molar-refractivity contribution is 5.66. The Kier molecular flexibility index (Phi) is 4.25. The zero-order valence-corrected chi connectivity index (χ0v) is 12.0. The van der Waals surface area contributed by atoms with Crippen LogP contribution in [-0.4, -0.2) is 28.6 Å². The Balaban J connectivity index is 2.20. The molecule has 1 aliphatic carbocycles. The van der Waals surface area contributed by atoms with Gasteiger partial charge in [0, 0.05) is 18.6 Å². The molecule has 3 heteroatoms. The van der Waals surface area contributed by atoms with Gasteiger partial charge >= 0.3 is 5.97 Å². The van der Waals surface area contributed by atoms with E-state index in [-0.39, 0.29) is 6.42 Å². The molecule has 0 radical (unpaired) electrons. The van der Waals surface area contributed by atoms with Gasteiger partial charge in [0.1, 0.15) is 0 Å². The molecule has 0 aliphatic heterocycles. The van der Waals surface area contributed by atoms with Crippen LogP contribution in [0.4, 0.5) is 0 Å². The van der Waals surface area contributed by atoms with Gasteiger partial charge in [-0.2, -0.15) is 0 Å². The summed E-state index contributed by atoms with van der Waals surface area (Å²) in [4.78, 5) is 13.1. The lowest BCUT2D eigenvalue weighted by Crippen LogP contribution is -2.35. The Morgan fingerprint density at radius 2 is 2.21 bits per heavy atom. The molecule has 0 bridgehead atoms. The van der Waals surface area contributed by atoms with Gasteiger partial charge in [-0.1, -0.05) is 23.8 Å². The van der Waals surface area contributed by atoms with Gasteiger partial charge in [0.2, 0.25) is 0 Å². The maximum absolute atomic E-state index is 10.8.